The lowest BCUT2D eigenvalue weighted by Crippen LogP contribution is -2.31. The molecule has 0 aromatic heterocycles. The summed E-state index contributed by atoms with van der Waals surface area (Å²) in [5.41, 5.74) is 2.36. The summed E-state index contributed by atoms with van der Waals surface area (Å²) in [5, 5.41) is 3.53. The Morgan fingerprint density at radius 3 is 3.00 bits per heavy atom. The van der Waals surface area contributed by atoms with Crippen LogP contribution in [0.5, 0.6) is 0 Å². The molecule has 1 aromatic carbocycles. The Balaban J connectivity index is 1.94. The zero-order valence-electron chi connectivity index (χ0n) is 8.54. The SMILES string of the molecule is Fc1cccc(C2=CC3CCC(C2)N3)c1. The van der Waals surface area contributed by atoms with Crippen LogP contribution in [0.15, 0.2) is 30.3 Å². The highest BCUT2D eigenvalue weighted by Gasteiger charge is 2.28. The van der Waals surface area contributed by atoms with Crippen molar-refractivity contribution in [3.8, 4) is 0 Å². The second-order valence-corrected chi connectivity index (χ2v) is 4.45. The van der Waals surface area contributed by atoms with E-state index in [2.05, 4.69) is 11.4 Å². The molecule has 15 heavy (non-hydrogen) atoms. The summed E-state index contributed by atoms with van der Waals surface area (Å²) in [5.74, 6) is -0.140. The summed E-state index contributed by atoms with van der Waals surface area (Å²) < 4.78 is 13.1. The summed E-state index contributed by atoms with van der Waals surface area (Å²) in [6.07, 6.45) is 5.78. The third kappa shape index (κ3) is 1.70. The largest absolute Gasteiger partial charge is 0.307 e. The average Bonchev–Trinajstić information content (AvgIpc) is 2.58. The minimum absolute atomic E-state index is 0.140. The number of benzene rings is 1. The predicted molar refractivity (Wildman–Crippen MR) is 58.9 cm³/mol. The summed E-state index contributed by atoms with van der Waals surface area (Å²) in [7, 11) is 0. The molecular weight excluding hydrogens is 189 g/mol. The number of rotatable bonds is 1. The maximum absolute atomic E-state index is 13.1. The molecule has 2 unspecified atom stereocenters. The molecule has 1 fully saturated rings. The monoisotopic (exact) mass is 203 g/mol. The van der Waals surface area contributed by atoms with Gasteiger partial charge in [0.1, 0.15) is 5.82 Å². The number of nitrogens with one attached hydrogen (secondary N) is 1. The Bertz CT molecular complexity index is 411. The second-order valence-electron chi connectivity index (χ2n) is 4.45. The molecule has 3 rings (SSSR count). The van der Waals surface area contributed by atoms with Crippen LogP contribution in [-0.2, 0) is 0 Å². The lowest BCUT2D eigenvalue weighted by molar-refractivity contribution is 0.574. The summed E-state index contributed by atoms with van der Waals surface area (Å²) in [6, 6.07) is 8.05. The lowest BCUT2D eigenvalue weighted by atomic mass is 9.96. The van der Waals surface area contributed by atoms with Gasteiger partial charge in [0.2, 0.25) is 0 Å². The van der Waals surface area contributed by atoms with E-state index in [0.29, 0.717) is 12.1 Å². The molecule has 1 aromatic rings. The van der Waals surface area contributed by atoms with Gasteiger partial charge in [-0.2, -0.15) is 0 Å². The highest BCUT2D eigenvalue weighted by molar-refractivity contribution is 5.68. The summed E-state index contributed by atoms with van der Waals surface area (Å²) >= 11 is 0. The topological polar surface area (TPSA) is 12.0 Å². The van der Waals surface area contributed by atoms with E-state index in [9.17, 15) is 4.39 Å². The smallest absolute Gasteiger partial charge is 0.123 e. The average molecular weight is 203 g/mol. The van der Waals surface area contributed by atoms with Crippen LogP contribution in [0.3, 0.4) is 0 Å². The van der Waals surface area contributed by atoms with Gasteiger partial charge < -0.3 is 5.32 Å². The molecule has 78 valence electrons. The van der Waals surface area contributed by atoms with Crippen molar-refractivity contribution in [2.45, 2.75) is 31.3 Å². The van der Waals surface area contributed by atoms with E-state index in [-0.39, 0.29) is 5.82 Å². The first-order valence-corrected chi connectivity index (χ1v) is 5.54. The van der Waals surface area contributed by atoms with Crippen LogP contribution in [0, 0.1) is 5.82 Å². The van der Waals surface area contributed by atoms with Gasteiger partial charge >= 0.3 is 0 Å². The first kappa shape index (κ1) is 9.10. The van der Waals surface area contributed by atoms with E-state index in [1.54, 1.807) is 12.1 Å². The van der Waals surface area contributed by atoms with Gasteiger partial charge in [-0.25, -0.2) is 4.39 Å². The van der Waals surface area contributed by atoms with E-state index in [1.807, 2.05) is 6.07 Å². The van der Waals surface area contributed by atoms with E-state index < -0.39 is 0 Å². The minimum Gasteiger partial charge on any atom is -0.307 e. The zero-order chi connectivity index (χ0) is 10.3. The molecule has 0 aliphatic carbocycles. The van der Waals surface area contributed by atoms with E-state index in [4.69, 9.17) is 0 Å². The van der Waals surface area contributed by atoms with Crippen LogP contribution < -0.4 is 5.32 Å². The molecule has 0 radical (unpaired) electrons. The van der Waals surface area contributed by atoms with Gasteiger partial charge in [0.15, 0.2) is 0 Å². The summed E-state index contributed by atoms with van der Waals surface area (Å²) in [6.45, 7) is 0. The van der Waals surface area contributed by atoms with Crippen molar-refractivity contribution in [2.75, 3.05) is 0 Å². The van der Waals surface area contributed by atoms with Gasteiger partial charge in [-0.05, 0) is 42.5 Å². The van der Waals surface area contributed by atoms with Crippen molar-refractivity contribution < 1.29 is 4.39 Å². The molecular formula is C13H14FN. The molecule has 0 amide bonds. The standard InChI is InChI=1S/C13H14FN/c14-11-3-1-2-9(6-11)10-7-12-4-5-13(8-10)15-12/h1-3,6-7,12-13,15H,4-5,8H2. The second kappa shape index (κ2) is 3.46. The Hall–Kier alpha value is -1.15. The van der Waals surface area contributed by atoms with Crippen molar-refractivity contribution in [2.24, 2.45) is 0 Å². The van der Waals surface area contributed by atoms with E-state index >= 15 is 0 Å². The zero-order valence-corrected chi connectivity index (χ0v) is 8.54. The Morgan fingerprint density at radius 1 is 1.27 bits per heavy atom. The van der Waals surface area contributed by atoms with Crippen LogP contribution in [-0.4, -0.2) is 12.1 Å². The first-order valence-electron chi connectivity index (χ1n) is 5.54. The van der Waals surface area contributed by atoms with Gasteiger partial charge in [-0.3, -0.25) is 0 Å². The maximum atomic E-state index is 13.1. The van der Waals surface area contributed by atoms with Crippen LogP contribution in [0.4, 0.5) is 4.39 Å². The van der Waals surface area contributed by atoms with Crippen molar-refractivity contribution in [1.29, 1.82) is 0 Å². The molecule has 2 bridgehead atoms. The van der Waals surface area contributed by atoms with Gasteiger partial charge in [-0.1, -0.05) is 18.2 Å². The predicted octanol–water partition coefficient (Wildman–Crippen LogP) is 2.73. The fourth-order valence-corrected chi connectivity index (χ4v) is 2.62. The molecule has 1 nitrogen and oxygen atoms in total. The molecule has 1 N–H and O–H groups in total. The van der Waals surface area contributed by atoms with Crippen molar-refractivity contribution in [1.82, 2.24) is 5.32 Å². The van der Waals surface area contributed by atoms with Crippen LogP contribution in [0.2, 0.25) is 0 Å². The van der Waals surface area contributed by atoms with Gasteiger partial charge in [0.05, 0.1) is 0 Å². The lowest BCUT2D eigenvalue weighted by Gasteiger charge is -2.21. The fraction of sp³-hybridized carbons (Fsp3) is 0.385. The van der Waals surface area contributed by atoms with Crippen LogP contribution >= 0.6 is 0 Å². The number of hydrogen-bond donors (Lipinski definition) is 1. The third-order valence-corrected chi connectivity index (χ3v) is 3.34. The third-order valence-electron chi connectivity index (χ3n) is 3.34. The highest BCUT2D eigenvalue weighted by Crippen LogP contribution is 2.31. The molecule has 2 atom stereocenters. The fourth-order valence-electron chi connectivity index (χ4n) is 2.62. The van der Waals surface area contributed by atoms with E-state index in [1.165, 1.54) is 24.5 Å². The van der Waals surface area contributed by atoms with Crippen molar-refractivity contribution in [3.63, 3.8) is 0 Å². The van der Waals surface area contributed by atoms with Gasteiger partial charge in [-0.15, -0.1) is 0 Å². The molecule has 0 spiro atoms. The number of halogens is 1. The first-order chi connectivity index (χ1) is 7.31. The Labute approximate surface area is 89.0 Å². The van der Waals surface area contributed by atoms with Crippen LogP contribution in [0.25, 0.3) is 5.57 Å². The molecule has 2 heterocycles. The molecule has 2 heteroatoms. The normalized spacial score (nSPS) is 29.0. The molecule has 0 saturated carbocycles. The van der Waals surface area contributed by atoms with Crippen molar-refractivity contribution >= 4 is 5.57 Å². The highest BCUT2D eigenvalue weighted by atomic mass is 19.1. The number of fused-ring (bicyclic) bond motifs is 2. The Kier molecular flexibility index (Phi) is 2.10. The van der Waals surface area contributed by atoms with Crippen LogP contribution in [0.1, 0.15) is 24.8 Å². The molecule has 2 aliphatic rings. The quantitative estimate of drug-likeness (QED) is 0.740. The van der Waals surface area contributed by atoms with Gasteiger partial charge in [0, 0.05) is 12.1 Å². The van der Waals surface area contributed by atoms with E-state index in [0.717, 1.165) is 12.0 Å². The van der Waals surface area contributed by atoms with Crippen molar-refractivity contribution in [3.05, 3.63) is 41.7 Å². The maximum Gasteiger partial charge on any atom is 0.123 e. The molecule has 1 saturated heterocycles. The molecule has 2 aliphatic heterocycles. The Morgan fingerprint density at radius 2 is 2.20 bits per heavy atom. The van der Waals surface area contributed by atoms with Gasteiger partial charge in [0.25, 0.3) is 0 Å². The summed E-state index contributed by atoms with van der Waals surface area (Å²) in [4.78, 5) is 0. The number of hydrogen-bond acceptors (Lipinski definition) is 1. The minimum atomic E-state index is -0.140.